The van der Waals surface area contributed by atoms with Crippen LogP contribution in [-0.4, -0.2) is 98.5 Å². The Kier molecular flexibility index (Phi) is 2070. The van der Waals surface area contributed by atoms with Crippen molar-refractivity contribution >= 4 is 98.5 Å². The average Bonchev–Trinajstić information content (AvgIpc) is 0. The normalized spacial score (nSPS) is 0. The molecule has 0 amide bonds. The van der Waals surface area contributed by atoms with Crippen molar-refractivity contribution < 1.29 is 161 Å². The zero-order valence-corrected chi connectivity index (χ0v) is 24.5. The van der Waals surface area contributed by atoms with Gasteiger partial charge in [0.2, 0.25) is 0 Å². The molecule has 0 heterocycles. The van der Waals surface area contributed by atoms with Gasteiger partial charge in [-0.1, -0.05) is 0 Å². The van der Waals surface area contributed by atoms with Crippen LogP contribution in [0.5, 0.6) is 0 Å². The topological polar surface area (TPSA) is 0 Å². The van der Waals surface area contributed by atoms with Gasteiger partial charge in [0, 0.05) is 0 Å². The fraction of sp³-hybridized carbons (Fsp3) is 0. The van der Waals surface area contributed by atoms with E-state index in [0.29, 0.717) is 0 Å². The second-order valence-electron chi connectivity index (χ2n) is 0. The standard InChI is InChI=1S/2Ca.10ClH.Mg.Mn.Zn/h;;10*1H;;;/q2*+2;;;;;;;;;;;3*+2/p-10. The Labute approximate surface area is 253 Å². The third kappa shape index (κ3) is 148. The van der Waals surface area contributed by atoms with Crippen LogP contribution < -0.4 is 124 Å². The minimum Gasteiger partial charge on any atom is -1.00 e. The summed E-state index contributed by atoms with van der Waals surface area (Å²) in [5.74, 6) is 0. The molecule has 15 heteroatoms. The van der Waals surface area contributed by atoms with E-state index in [2.05, 4.69) is 0 Å². The van der Waals surface area contributed by atoms with Gasteiger partial charge < -0.3 is 124 Å². The first-order chi connectivity index (χ1) is 0. The largest absolute Gasteiger partial charge is 2.00 e. The molecule has 0 bridgehead atoms. The summed E-state index contributed by atoms with van der Waals surface area (Å²) < 4.78 is 0. The average molecular weight is 579 g/mol. The molecule has 0 unspecified atom stereocenters. The zero-order chi connectivity index (χ0) is 0. The number of hydrogen-bond acceptors (Lipinski definition) is 0. The molecule has 15 heavy (non-hydrogen) atoms. The summed E-state index contributed by atoms with van der Waals surface area (Å²) in [6.07, 6.45) is 0. The summed E-state index contributed by atoms with van der Waals surface area (Å²) in [6.45, 7) is 0. The molecule has 0 aromatic carbocycles. The van der Waals surface area contributed by atoms with Crippen molar-refractivity contribution in [2.24, 2.45) is 0 Å². The summed E-state index contributed by atoms with van der Waals surface area (Å²) >= 11 is 0. The first-order valence-electron chi connectivity index (χ1n) is 0. The fourth-order valence-electron chi connectivity index (χ4n) is 0. The van der Waals surface area contributed by atoms with Gasteiger partial charge in [-0.05, 0) is 0 Å². The monoisotopic (exact) mass is 572 g/mol. The molecule has 0 saturated carbocycles. The SMILES string of the molecule is [Ca+2].[Ca+2].[Cl-].[Cl-].[Cl-].[Cl-].[Cl-].[Cl-].[Cl-].[Cl-].[Cl-].[Cl-].[Mg+2].[Mn+2].[Zn+2]. The second kappa shape index (κ2) is 164. The Morgan fingerprint density at radius 3 is 0.333 bits per heavy atom. The predicted octanol–water partition coefficient (Wildman–Crippen LogP) is -31.1. The van der Waals surface area contributed by atoms with Crippen LogP contribution in [0.2, 0.25) is 0 Å². The Morgan fingerprint density at radius 2 is 0.333 bits per heavy atom. The van der Waals surface area contributed by atoms with Crippen molar-refractivity contribution in [1.82, 2.24) is 0 Å². The van der Waals surface area contributed by atoms with Crippen LogP contribution in [0.4, 0.5) is 0 Å². The second-order valence-corrected chi connectivity index (χ2v) is 0. The van der Waals surface area contributed by atoms with Crippen LogP contribution >= 0.6 is 0 Å². The fourth-order valence-corrected chi connectivity index (χ4v) is 0. The molecule has 0 saturated heterocycles. The molecule has 0 aliphatic carbocycles. The summed E-state index contributed by atoms with van der Waals surface area (Å²) in [5, 5.41) is 0. The minimum atomic E-state index is 0. The van der Waals surface area contributed by atoms with E-state index in [1.807, 2.05) is 0 Å². The van der Waals surface area contributed by atoms with Crippen molar-refractivity contribution in [2.75, 3.05) is 0 Å². The first-order valence-corrected chi connectivity index (χ1v) is 0. The summed E-state index contributed by atoms with van der Waals surface area (Å²) in [6, 6.07) is 0. The van der Waals surface area contributed by atoms with Crippen molar-refractivity contribution in [1.29, 1.82) is 0 Å². The molecule has 0 aliphatic rings. The van der Waals surface area contributed by atoms with Crippen LogP contribution in [0.1, 0.15) is 0 Å². The van der Waals surface area contributed by atoms with Crippen molar-refractivity contribution in [3.05, 3.63) is 0 Å². The Hall–Kier alpha value is 7.33. The molecule has 0 aromatic heterocycles. The van der Waals surface area contributed by atoms with E-state index in [1.54, 1.807) is 0 Å². The maximum absolute atomic E-state index is 0. The molecular formula is Ca2Cl10MgMnZn. The van der Waals surface area contributed by atoms with Crippen LogP contribution in [0.15, 0.2) is 0 Å². The third-order valence-corrected chi connectivity index (χ3v) is 0. The van der Waals surface area contributed by atoms with Crippen LogP contribution in [0.25, 0.3) is 0 Å². The molecule has 0 aliphatic heterocycles. The van der Waals surface area contributed by atoms with Crippen molar-refractivity contribution in [3.63, 3.8) is 0 Å². The van der Waals surface area contributed by atoms with Gasteiger partial charge in [0.1, 0.15) is 0 Å². The predicted molar refractivity (Wildman–Crippen MR) is 17.3 cm³/mol. The molecule has 85 valence electrons. The van der Waals surface area contributed by atoms with E-state index in [4.69, 9.17) is 0 Å². The smallest absolute Gasteiger partial charge is 1.00 e. The van der Waals surface area contributed by atoms with Gasteiger partial charge in [-0.15, -0.1) is 0 Å². The van der Waals surface area contributed by atoms with E-state index >= 15 is 0 Å². The summed E-state index contributed by atoms with van der Waals surface area (Å²) in [5.41, 5.74) is 0. The van der Waals surface area contributed by atoms with Gasteiger partial charge in [-0.25, -0.2) is 0 Å². The molecule has 0 aromatic rings. The van der Waals surface area contributed by atoms with Gasteiger partial charge in [0.05, 0.1) is 0 Å². The summed E-state index contributed by atoms with van der Waals surface area (Å²) in [7, 11) is 0. The molecule has 0 atom stereocenters. The number of rotatable bonds is 0. The van der Waals surface area contributed by atoms with Crippen molar-refractivity contribution in [2.45, 2.75) is 0 Å². The Balaban J connectivity index is 0. The van der Waals surface area contributed by atoms with Gasteiger partial charge >= 0.3 is 135 Å². The molecular weight excluding hydrogens is 579 g/mol. The minimum absolute atomic E-state index is 0. The summed E-state index contributed by atoms with van der Waals surface area (Å²) in [4.78, 5) is 0. The molecule has 0 spiro atoms. The van der Waals surface area contributed by atoms with Crippen molar-refractivity contribution in [3.8, 4) is 0 Å². The molecule has 0 N–H and O–H groups in total. The molecule has 0 rings (SSSR count). The first kappa shape index (κ1) is 189. The van der Waals surface area contributed by atoms with Crippen LogP contribution in [0.3, 0.4) is 0 Å². The van der Waals surface area contributed by atoms with E-state index in [-0.39, 0.29) is 259 Å². The van der Waals surface area contributed by atoms with Crippen LogP contribution in [0, 0.1) is 0 Å². The maximum Gasteiger partial charge on any atom is 2.00 e. The van der Waals surface area contributed by atoms with E-state index in [1.165, 1.54) is 0 Å². The number of halogens is 10. The quantitative estimate of drug-likeness (QED) is 0.251. The van der Waals surface area contributed by atoms with E-state index < -0.39 is 0 Å². The van der Waals surface area contributed by atoms with E-state index in [0.717, 1.165) is 0 Å². The molecule has 0 nitrogen and oxygen atoms in total. The Bertz CT molecular complexity index is 23.4. The zero-order valence-electron chi connectivity index (χ0n) is 6.99. The van der Waals surface area contributed by atoms with E-state index in [9.17, 15) is 0 Å². The maximum atomic E-state index is 0. The van der Waals surface area contributed by atoms with Crippen LogP contribution in [-0.2, 0) is 36.5 Å². The molecule has 1 radical (unpaired) electrons. The van der Waals surface area contributed by atoms with Gasteiger partial charge in [0.15, 0.2) is 0 Å². The van der Waals surface area contributed by atoms with Gasteiger partial charge in [-0.3, -0.25) is 0 Å². The third-order valence-electron chi connectivity index (χ3n) is 0. The van der Waals surface area contributed by atoms with Gasteiger partial charge in [-0.2, -0.15) is 0 Å². The Morgan fingerprint density at radius 1 is 0.333 bits per heavy atom. The number of hydrogen-bond donors (Lipinski definition) is 0. The van der Waals surface area contributed by atoms with Gasteiger partial charge in [0.25, 0.3) is 0 Å². The molecule has 0 fully saturated rings.